The van der Waals surface area contributed by atoms with E-state index in [-0.39, 0.29) is 0 Å². The molecule has 2 N–H and O–H groups in total. The monoisotopic (exact) mass is 346 g/mol. The highest BCUT2D eigenvalue weighted by Crippen LogP contribution is 2.34. The Hall–Kier alpha value is -1.63. The van der Waals surface area contributed by atoms with Crippen LogP contribution in [0.2, 0.25) is 0 Å². The van der Waals surface area contributed by atoms with Crippen LogP contribution < -0.4 is 10.6 Å². The lowest BCUT2D eigenvalue weighted by Crippen LogP contribution is -2.47. The number of guanidine groups is 1. The van der Waals surface area contributed by atoms with Crippen molar-refractivity contribution in [2.75, 3.05) is 13.6 Å². The van der Waals surface area contributed by atoms with Crippen LogP contribution in [0.15, 0.2) is 4.99 Å². The van der Waals surface area contributed by atoms with Crippen molar-refractivity contribution in [1.82, 2.24) is 25.4 Å². The van der Waals surface area contributed by atoms with Crippen molar-refractivity contribution in [3.63, 3.8) is 0 Å². The third-order valence-electron chi connectivity index (χ3n) is 5.71. The number of nitrogens with one attached hydrogen (secondary N) is 2. The Bertz CT molecular complexity index is 613. The first-order valence-corrected chi connectivity index (χ1v) is 9.87. The van der Waals surface area contributed by atoms with Gasteiger partial charge >= 0.3 is 0 Å². The molecule has 1 aromatic rings. The van der Waals surface area contributed by atoms with E-state index in [0.29, 0.717) is 18.2 Å². The van der Waals surface area contributed by atoms with Gasteiger partial charge in [-0.05, 0) is 38.5 Å². The average Bonchev–Trinajstić information content (AvgIpc) is 3.30. The molecule has 2 fully saturated rings. The van der Waals surface area contributed by atoms with E-state index in [4.69, 9.17) is 4.74 Å². The predicted molar refractivity (Wildman–Crippen MR) is 96.7 cm³/mol. The van der Waals surface area contributed by atoms with Crippen LogP contribution in [0.3, 0.4) is 0 Å². The third kappa shape index (κ3) is 3.81. The minimum Gasteiger partial charge on any atom is -0.373 e. The fourth-order valence-electron chi connectivity index (χ4n) is 4.34. The van der Waals surface area contributed by atoms with E-state index in [1.165, 1.54) is 37.9 Å². The maximum atomic E-state index is 5.90. The predicted octanol–water partition coefficient (Wildman–Crippen LogP) is 1.42. The van der Waals surface area contributed by atoms with Gasteiger partial charge in [-0.3, -0.25) is 4.99 Å². The van der Waals surface area contributed by atoms with Crippen molar-refractivity contribution < 1.29 is 4.74 Å². The number of hydrogen-bond acceptors (Lipinski definition) is 4. The molecule has 0 amide bonds. The molecule has 0 spiro atoms. The molecule has 7 nitrogen and oxygen atoms in total. The van der Waals surface area contributed by atoms with E-state index in [9.17, 15) is 0 Å². The van der Waals surface area contributed by atoms with Crippen molar-refractivity contribution in [2.24, 2.45) is 4.99 Å². The summed E-state index contributed by atoms with van der Waals surface area (Å²) >= 11 is 0. The lowest BCUT2D eigenvalue weighted by atomic mass is 9.96. The van der Waals surface area contributed by atoms with Gasteiger partial charge < -0.3 is 19.9 Å². The quantitative estimate of drug-likeness (QED) is 0.479. The Morgan fingerprint density at radius 1 is 1.28 bits per heavy atom. The van der Waals surface area contributed by atoms with Crippen LogP contribution in [-0.2, 0) is 24.1 Å². The van der Waals surface area contributed by atoms with Crippen molar-refractivity contribution in [1.29, 1.82) is 0 Å². The molecule has 4 rings (SSSR count). The van der Waals surface area contributed by atoms with E-state index in [1.54, 1.807) is 0 Å². The third-order valence-corrected chi connectivity index (χ3v) is 5.71. The Kier molecular flexibility index (Phi) is 5.20. The number of aryl methyl sites for hydroxylation is 2. The fraction of sp³-hybridized carbons (Fsp3) is 0.833. The van der Waals surface area contributed by atoms with Gasteiger partial charge in [0.1, 0.15) is 11.6 Å². The molecule has 1 aromatic heterocycles. The Morgan fingerprint density at radius 3 is 3.04 bits per heavy atom. The first-order chi connectivity index (χ1) is 12.3. The number of nitrogens with zero attached hydrogens (tertiary/aromatic N) is 4. The number of rotatable bonds is 5. The minimum absolute atomic E-state index is 0.370. The summed E-state index contributed by atoms with van der Waals surface area (Å²) in [5.41, 5.74) is 0. The second-order valence-electron chi connectivity index (χ2n) is 7.46. The largest absolute Gasteiger partial charge is 0.373 e. The average molecular weight is 346 g/mol. The summed E-state index contributed by atoms with van der Waals surface area (Å²) in [5, 5.41) is 15.8. The van der Waals surface area contributed by atoms with Gasteiger partial charge in [0.2, 0.25) is 0 Å². The topological polar surface area (TPSA) is 76.4 Å². The summed E-state index contributed by atoms with van der Waals surface area (Å²) in [5.74, 6) is 3.21. The van der Waals surface area contributed by atoms with Gasteiger partial charge in [-0.2, -0.15) is 0 Å². The molecule has 7 heteroatoms. The Balaban J connectivity index is 1.22. The van der Waals surface area contributed by atoms with Gasteiger partial charge in [0.25, 0.3) is 0 Å². The molecule has 138 valence electrons. The highest BCUT2D eigenvalue weighted by molar-refractivity contribution is 5.80. The normalized spacial score (nSPS) is 28.7. The van der Waals surface area contributed by atoms with Gasteiger partial charge in [-0.1, -0.05) is 6.42 Å². The van der Waals surface area contributed by atoms with E-state index in [1.807, 2.05) is 7.05 Å². The SMILES string of the molecule is CN=C(NCCCc1nnc2n1CCCCC2)NC1CC2CCC1O2. The van der Waals surface area contributed by atoms with Crippen LogP contribution in [0.25, 0.3) is 0 Å². The summed E-state index contributed by atoms with van der Waals surface area (Å²) < 4.78 is 8.24. The van der Waals surface area contributed by atoms with Crippen LogP contribution in [0.1, 0.15) is 56.6 Å². The first-order valence-electron chi connectivity index (χ1n) is 9.87. The molecule has 2 saturated heterocycles. The summed E-state index contributed by atoms with van der Waals surface area (Å²) in [4.78, 5) is 4.36. The minimum atomic E-state index is 0.370. The fourth-order valence-corrected chi connectivity index (χ4v) is 4.34. The molecule has 0 radical (unpaired) electrons. The summed E-state index contributed by atoms with van der Waals surface area (Å²) in [6, 6.07) is 0.414. The standard InChI is InChI=1S/C18H30N6O/c1-19-18(21-14-12-13-8-9-15(14)25-13)20-10-5-7-17-23-22-16-6-3-2-4-11-24(16)17/h13-15H,2-12H2,1H3,(H2,19,20,21). The molecule has 3 atom stereocenters. The summed E-state index contributed by atoms with van der Waals surface area (Å²) in [6.07, 6.45) is 11.2. The first kappa shape index (κ1) is 16.8. The van der Waals surface area contributed by atoms with Gasteiger partial charge in [0, 0.05) is 33.0 Å². The van der Waals surface area contributed by atoms with Gasteiger partial charge in [0.15, 0.2) is 5.96 Å². The molecule has 0 saturated carbocycles. The molecular weight excluding hydrogens is 316 g/mol. The smallest absolute Gasteiger partial charge is 0.191 e. The lowest BCUT2D eigenvalue weighted by molar-refractivity contribution is 0.0992. The summed E-state index contributed by atoms with van der Waals surface area (Å²) in [7, 11) is 1.84. The van der Waals surface area contributed by atoms with Gasteiger partial charge in [-0.15, -0.1) is 10.2 Å². The van der Waals surface area contributed by atoms with Crippen LogP contribution >= 0.6 is 0 Å². The second kappa shape index (κ2) is 7.72. The maximum Gasteiger partial charge on any atom is 0.191 e. The van der Waals surface area contributed by atoms with E-state index in [2.05, 4.69) is 30.4 Å². The molecule has 4 heterocycles. The zero-order valence-corrected chi connectivity index (χ0v) is 15.2. The number of aliphatic imine (C=N–C) groups is 1. The molecule has 25 heavy (non-hydrogen) atoms. The van der Waals surface area contributed by atoms with Crippen molar-refractivity contribution in [3.8, 4) is 0 Å². The highest BCUT2D eigenvalue weighted by Gasteiger charge is 2.41. The molecule has 3 unspecified atom stereocenters. The van der Waals surface area contributed by atoms with Crippen LogP contribution in [-0.4, -0.2) is 52.6 Å². The Labute approximate surface area is 149 Å². The van der Waals surface area contributed by atoms with Gasteiger partial charge in [-0.25, -0.2) is 0 Å². The lowest BCUT2D eigenvalue weighted by Gasteiger charge is -2.22. The Morgan fingerprint density at radius 2 is 2.24 bits per heavy atom. The van der Waals surface area contributed by atoms with E-state index >= 15 is 0 Å². The highest BCUT2D eigenvalue weighted by atomic mass is 16.5. The maximum absolute atomic E-state index is 5.90. The van der Waals surface area contributed by atoms with E-state index < -0.39 is 0 Å². The van der Waals surface area contributed by atoms with E-state index in [0.717, 1.165) is 50.6 Å². The van der Waals surface area contributed by atoms with Crippen LogP contribution in [0.4, 0.5) is 0 Å². The molecule has 2 bridgehead atoms. The zero-order chi connectivity index (χ0) is 17.1. The van der Waals surface area contributed by atoms with Crippen molar-refractivity contribution >= 4 is 5.96 Å². The van der Waals surface area contributed by atoms with Crippen molar-refractivity contribution in [2.45, 2.75) is 82.6 Å². The van der Waals surface area contributed by atoms with Crippen LogP contribution in [0, 0.1) is 0 Å². The number of ether oxygens (including phenoxy) is 1. The number of aromatic nitrogens is 3. The molecule has 0 aromatic carbocycles. The second-order valence-corrected chi connectivity index (χ2v) is 7.46. The molecule has 3 aliphatic rings. The number of hydrogen-bond donors (Lipinski definition) is 2. The number of fused-ring (bicyclic) bond motifs is 3. The molecular formula is C18H30N6O. The molecule has 0 aliphatic carbocycles. The molecule has 3 aliphatic heterocycles. The zero-order valence-electron chi connectivity index (χ0n) is 15.2. The van der Waals surface area contributed by atoms with Crippen LogP contribution in [0.5, 0.6) is 0 Å². The van der Waals surface area contributed by atoms with Crippen molar-refractivity contribution in [3.05, 3.63) is 11.6 Å². The van der Waals surface area contributed by atoms with Gasteiger partial charge in [0.05, 0.1) is 18.2 Å². The summed E-state index contributed by atoms with van der Waals surface area (Å²) in [6.45, 7) is 1.97.